The van der Waals surface area contributed by atoms with Gasteiger partial charge in [-0.1, -0.05) is 17.9 Å². The second-order valence-electron chi connectivity index (χ2n) is 7.12. The minimum Gasteiger partial charge on any atom is -0.487 e. The Labute approximate surface area is 228 Å². The van der Waals surface area contributed by atoms with E-state index in [-0.39, 0.29) is 26.4 Å². The van der Waals surface area contributed by atoms with E-state index < -0.39 is 5.97 Å². The summed E-state index contributed by atoms with van der Waals surface area (Å²) in [5.74, 6) is 8.41. The van der Waals surface area contributed by atoms with E-state index in [2.05, 4.69) is 50.9 Å². The van der Waals surface area contributed by atoms with Crippen LogP contribution in [0.1, 0.15) is 12.5 Å². The number of nitrogens with one attached hydrogen (secondary N) is 1. The van der Waals surface area contributed by atoms with E-state index >= 15 is 0 Å². The monoisotopic (exact) mass is 535 g/mol. The molecule has 3 N–H and O–H groups in total. The maximum atomic E-state index is 9.79. The van der Waals surface area contributed by atoms with Gasteiger partial charge in [0.15, 0.2) is 11.5 Å². The quantitative estimate of drug-likeness (QED) is 0.179. The fraction of sp³-hybridized carbons (Fsp3) is 0.276. The van der Waals surface area contributed by atoms with Gasteiger partial charge in [0.25, 0.3) is 0 Å². The molecule has 206 valence electrons. The molecule has 0 aliphatic rings. The van der Waals surface area contributed by atoms with Gasteiger partial charge in [-0.15, -0.1) is 25.5 Å². The van der Waals surface area contributed by atoms with E-state index in [1.807, 2.05) is 24.3 Å². The topological polar surface area (TPSA) is 132 Å². The highest BCUT2D eigenvalue weighted by atomic mass is 16.5. The molecule has 3 aromatic rings. The van der Waals surface area contributed by atoms with Crippen molar-refractivity contribution in [3.63, 3.8) is 0 Å². The SMILES string of the molecule is C#Cc1cccc(Nc2ncnc3cc(OCCOC)c(OCCO)cc23)c1.C=C.CC#CCOCC(=O)O. The molecule has 0 atom stereocenters. The largest absolute Gasteiger partial charge is 0.487 e. The Bertz CT molecular complexity index is 1280. The number of carbonyl (C=O) groups is 1. The summed E-state index contributed by atoms with van der Waals surface area (Å²) in [5, 5.41) is 21.2. The van der Waals surface area contributed by atoms with Crippen molar-refractivity contribution in [1.82, 2.24) is 9.97 Å². The Morgan fingerprint density at radius 3 is 2.51 bits per heavy atom. The average Bonchev–Trinajstić information content (AvgIpc) is 2.96. The number of aliphatic hydroxyl groups excluding tert-OH is 1. The van der Waals surface area contributed by atoms with Crippen molar-refractivity contribution >= 4 is 28.4 Å². The number of rotatable bonds is 12. The molecule has 0 radical (unpaired) electrons. The summed E-state index contributed by atoms with van der Waals surface area (Å²) in [4.78, 5) is 18.5. The number of ether oxygens (including phenoxy) is 4. The highest BCUT2D eigenvalue weighted by Crippen LogP contribution is 2.35. The third-order valence-electron chi connectivity index (χ3n) is 4.46. The van der Waals surface area contributed by atoms with Crippen LogP contribution in [0, 0.1) is 24.2 Å². The molecule has 10 nitrogen and oxygen atoms in total. The van der Waals surface area contributed by atoms with Crippen molar-refractivity contribution in [2.45, 2.75) is 6.92 Å². The van der Waals surface area contributed by atoms with Crippen LogP contribution in [0.4, 0.5) is 11.5 Å². The third-order valence-corrected chi connectivity index (χ3v) is 4.46. The molecule has 1 heterocycles. The molecular formula is C29H33N3O7. The van der Waals surface area contributed by atoms with Crippen LogP contribution in [0.5, 0.6) is 11.5 Å². The zero-order chi connectivity index (χ0) is 28.9. The predicted molar refractivity (Wildman–Crippen MR) is 150 cm³/mol. The standard InChI is InChI=1S/C21H21N3O4.C6H8O3.C2H4/c1-3-15-5-4-6-16(11-15)24-21-17-12-19(27-8-7-25)20(28-10-9-26-2)13-18(17)22-14-23-21;1-2-3-4-9-5-6(7)8;1-2/h1,4-6,11-14,25H,7-10H2,2H3,(H,22,23,24);4-5H2,1H3,(H,7,8);1-2H2. The van der Waals surface area contributed by atoms with Gasteiger partial charge in [-0.25, -0.2) is 14.8 Å². The minimum absolute atomic E-state index is 0.106. The van der Waals surface area contributed by atoms with Crippen molar-refractivity contribution in [1.29, 1.82) is 0 Å². The number of aliphatic hydroxyl groups is 1. The molecule has 3 rings (SSSR count). The summed E-state index contributed by atoms with van der Waals surface area (Å²) in [6.07, 6.45) is 6.95. The Kier molecular flexibility index (Phi) is 16.2. The molecule has 0 bridgehead atoms. The Balaban J connectivity index is 0.000000589. The molecule has 0 aliphatic heterocycles. The van der Waals surface area contributed by atoms with Gasteiger partial charge < -0.3 is 34.5 Å². The van der Waals surface area contributed by atoms with E-state index in [0.717, 1.165) is 16.6 Å². The van der Waals surface area contributed by atoms with Gasteiger partial charge in [-0.3, -0.25) is 0 Å². The van der Waals surface area contributed by atoms with Crippen molar-refractivity contribution in [3.8, 4) is 35.7 Å². The molecular weight excluding hydrogens is 502 g/mol. The van der Waals surface area contributed by atoms with Crippen molar-refractivity contribution < 1.29 is 34.0 Å². The Morgan fingerprint density at radius 2 is 1.85 bits per heavy atom. The zero-order valence-electron chi connectivity index (χ0n) is 22.1. The van der Waals surface area contributed by atoms with Gasteiger partial charge >= 0.3 is 5.97 Å². The normalized spacial score (nSPS) is 9.38. The Hall–Kier alpha value is -4.61. The van der Waals surface area contributed by atoms with Crippen LogP contribution >= 0.6 is 0 Å². The van der Waals surface area contributed by atoms with E-state index in [4.69, 9.17) is 30.8 Å². The minimum atomic E-state index is -0.965. The lowest BCUT2D eigenvalue weighted by Crippen LogP contribution is -2.08. The van der Waals surface area contributed by atoms with Gasteiger partial charge in [-0.05, 0) is 31.2 Å². The van der Waals surface area contributed by atoms with Crippen molar-refractivity contribution in [3.05, 3.63) is 61.4 Å². The van der Waals surface area contributed by atoms with Crippen LogP contribution in [0.25, 0.3) is 10.9 Å². The van der Waals surface area contributed by atoms with E-state index in [1.165, 1.54) is 6.33 Å². The first-order chi connectivity index (χ1) is 19.0. The van der Waals surface area contributed by atoms with Crippen molar-refractivity contribution in [2.24, 2.45) is 0 Å². The van der Waals surface area contributed by atoms with Crippen LogP contribution in [0.2, 0.25) is 0 Å². The second kappa shape index (κ2) is 19.5. The molecule has 0 fully saturated rings. The van der Waals surface area contributed by atoms with Crippen molar-refractivity contribution in [2.75, 3.05) is 52.1 Å². The lowest BCUT2D eigenvalue weighted by Gasteiger charge is -2.15. The molecule has 0 amide bonds. The van der Waals surface area contributed by atoms with Gasteiger partial charge in [0.1, 0.15) is 38.6 Å². The van der Waals surface area contributed by atoms with Gasteiger partial charge in [0.05, 0.1) is 18.7 Å². The first-order valence-corrected chi connectivity index (χ1v) is 11.7. The van der Waals surface area contributed by atoms with Crippen LogP contribution in [-0.2, 0) is 14.3 Å². The number of benzene rings is 2. The number of anilines is 2. The van der Waals surface area contributed by atoms with Gasteiger partial charge in [-0.2, -0.15) is 0 Å². The molecule has 0 unspecified atom stereocenters. The number of hydrogen-bond donors (Lipinski definition) is 3. The average molecular weight is 536 g/mol. The summed E-state index contributed by atoms with van der Waals surface area (Å²) in [6.45, 7) is 8.45. The van der Waals surface area contributed by atoms with E-state index in [1.54, 1.807) is 26.2 Å². The smallest absolute Gasteiger partial charge is 0.329 e. The summed E-state index contributed by atoms with van der Waals surface area (Å²) in [7, 11) is 1.60. The second-order valence-corrected chi connectivity index (χ2v) is 7.12. The number of carboxylic acid groups (broad SMARTS) is 1. The number of terminal acetylenes is 1. The number of fused-ring (bicyclic) bond motifs is 1. The number of carboxylic acids is 1. The molecule has 0 saturated heterocycles. The molecule has 10 heteroatoms. The first-order valence-electron chi connectivity index (χ1n) is 11.7. The molecule has 0 saturated carbocycles. The van der Waals surface area contributed by atoms with Gasteiger partial charge in [0, 0.05) is 29.8 Å². The number of hydrogen-bond acceptors (Lipinski definition) is 9. The number of methoxy groups -OCH3 is 1. The fourth-order valence-electron chi connectivity index (χ4n) is 2.86. The zero-order valence-corrected chi connectivity index (χ0v) is 22.1. The summed E-state index contributed by atoms with van der Waals surface area (Å²) < 4.78 is 21.0. The third kappa shape index (κ3) is 12.0. The van der Waals surface area contributed by atoms with E-state index in [9.17, 15) is 4.79 Å². The predicted octanol–water partition coefficient (Wildman–Crippen LogP) is 3.66. The lowest BCUT2D eigenvalue weighted by atomic mass is 10.2. The first kappa shape index (κ1) is 32.4. The maximum Gasteiger partial charge on any atom is 0.329 e. The molecule has 2 aromatic carbocycles. The maximum absolute atomic E-state index is 9.79. The molecule has 39 heavy (non-hydrogen) atoms. The summed E-state index contributed by atoms with van der Waals surface area (Å²) >= 11 is 0. The van der Waals surface area contributed by atoms with Crippen LogP contribution in [0.3, 0.4) is 0 Å². The fourth-order valence-corrected chi connectivity index (χ4v) is 2.86. The summed E-state index contributed by atoms with van der Waals surface area (Å²) in [5.41, 5.74) is 2.27. The number of aliphatic carboxylic acids is 1. The molecule has 0 spiro atoms. The number of nitrogens with zero attached hydrogens (tertiary/aromatic N) is 2. The summed E-state index contributed by atoms with van der Waals surface area (Å²) in [6, 6.07) is 11.1. The van der Waals surface area contributed by atoms with Gasteiger partial charge in [0.2, 0.25) is 0 Å². The van der Waals surface area contributed by atoms with Crippen LogP contribution < -0.4 is 14.8 Å². The van der Waals surface area contributed by atoms with E-state index in [0.29, 0.717) is 36.0 Å². The Morgan fingerprint density at radius 1 is 1.10 bits per heavy atom. The van der Waals surface area contributed by atoms with Crippen LogP contribution in [0.15, 0.2) is 55.9 Å². The lowest BCUT2D eigenvalue weighted by molar-refractivity contribution is -0.141. The highest BCUT2D eigenvalue weighted by Gasteiger charge is 2.13. The number of aromatic nitrogens is 2. The molecule has 0 aliphatic carbocycles. The molecule has 1 aromatic heterocycles. The van der Waals surface area contributed by atoms with Crippen LogP contribution in [-0.4, -0.2) is 72.9 Å². The highest BCUT2D eigenvalue weighted by molar-refractivity contribution is 5.93.